The van der Waals surface area contributed by atoms with Crippen LogP contribution in [0, 0.1) is 26.2 Å². The summed E-state index contributed by atoms with van der Waals surface area (Å²) < 4.78 is 0. The average molecular weight is 203 g/mol. The third kappa shape index (κ3) is 1.93. The zero-order valence-electron chi connectivity index (χ0n) is 10.1. The maximum absolute atomic E-state index is 5.83. The molecule has 0 amide bonds. The van der Waals surface area contributed by atoms with E-state index in [0.717, 1.165) is 6.54 Å². The van der Waals surface area contributed by atoms with Crippen LogP contribution in [0.5, 0.6) is 0 Å². The van der Waals surface area contributed by atoms with Crippen LogP contribution in [-0.2, 0) is 6.42 Å². The maximum atomic E-state index is 5.83. The van der Waals surface area contributed by atoms with E-state index < -0.39 is 0 Å². The minimum Gasteiger partial charge on any atom is -0.330 e. The fraction of sp³-hybridized carbons (Fsp3) is 0.571. The van der Waals surface area contributed by atoms with Gasteiger partial charge >= 0.3 is 0 Å². The molecule has 1 aromatic carbocycles. The van der Waals surface area contributed by atoms with E-state index in [-0.39, 0.29) is 0 Å². The minimum absolute atomic E-state index is 0.451. The molecule has 82 valence electrons. The molecule has 15 heavy (non-hydrogen) atoms. The van der Waals surface area contributed by atoms with Crippen LogP contribution in [0.3, 0.4) is 0 Å². The molecule has 1 fully saturated rings. The van der Waals surface area contributed by atoms with E-state index in [1.54, 1.807) is 0 Å². The van der Waals surface area contributed by atoms with Crippen molar-refractivity contribution in [1.29, 1.82) is 0 Å². The lowest BCUT2D eigenvalue weighted by Gasteiger charge is -2.16. The summed E-state index contributed by atoms with van der Waals surface area (Å²) in [6.45, 7) is 7.49. The first-order valence-electron chi connectivity index (χ1n) is 5.84. The monoisotopic (exact) mass is 203 g/mol. The molecule has 0 heterocycles. The topological polar surface area (TPSA) is 26.0 Å². The molecule has 0 atom stereocenters. The quantitative estimate of drug-likeness (QED) is 0.803. The normalized spacial score (nSPS) is 17.9. The van der Waals surface area contributed by atoms with Gasteiger partial charge in [-0.3, -0.25) is 0 Å². The van der Waals surface area contributed by atoms with Crippen molar-refractivity contribution in [2.45, 2.75) is 40.0 Å². The first-order valence-corrected chi connectivity index (χ1v) is 5.84. The van der Waals surface area contributed by atoms with Gasteiger partial charge in [0, 0.05) is 0 Å². The van der Waals surface area contributed by atoms with Crippen molar-refractivity contribution in [2.24, 2.45) is 11.1 Å². The van der Waals surface area contributed by atoms with Gasteiger partial charge in [-0.1, -0.05) is 12.1 Å². The molecule has 0 saturated heterocycles. The van der Waals surface area contributed by atoms with Crippen molar-refractivity contribution >= 4 is 0 Å². The standard InChI is InChI=1S/C14H21N/c1-10-4-5-13(12(3)11(10)2)8-14(9-15)6-7-14/h4-5H,6-9,15H2,1-3H3. The van der Waals surface area contributed by atoms with Gasteiger partial charge in [0.2, 0.25) is 0 Å². The molecule has 0 aromatic heterocycles. The summed E-state index contributed by atoms with van der Waals surface area (Å²) in [7, 11) is 0. The van der Waals surface area contributed by atoms with Gasteiger partial charge in [-0.25, -0.2) is 0 Å². The Morgan fingerprint density at radius 1 is 1.13 bits per heavy atom. The second-order valence-corrected chi connectivity index (χ2v) is 5.17. The second kappa shape index (κ2) is 3.64. The van der Waals surface area contributed by atoms with Gasteiger partial charge in [0.25, 0.3) is 0 Å². The molecule has 0 aliphatic heterocycles. The molecule has 1 saturated carbocycles. The van der Waals surface area contributed by atoms with Crippen molar-refractivity contribution in [3.05, 3.63) is 34.4 Å². The summed E-state index contributed by atoms with van der Waals surface area (Å²) in [5.74, 6) is 0. The first-order chi connectivity index (χ1) is 7.08. The molecular formula is C14H21N. The van der Waals surface area contributed by atoms with Crippen LogP contribution in [0.2, 0.25) is 0 Å². The Labute approximate surface area is 92.7 Å². The maximum Gasteiger partial charge on any atom is -0.00173 e. The molecule has 0 radical (unpaired) electrons. The van der Waals surface area contributed by atoms with Crippen molar-refractivity contribution in [3.63, 3.8) is 0 Å². The average Bonchev–Trinajstić information content (AvgIpc) is 3.00. The van der Waals surface area contributed by atoms with Crippen molar-refractivity contribution in [1.82, 2.24) is 0 Å². The van der Waals surface area contributed by atoms with E-state index in [9.17, 15) is 0 Å². The Kier molecular flexibility index (Phi) is 2.59. The summed E-state index contributed by atoms with van der Waals surface area (Å²) in [5, 5.41) is 0. The molecule has 1 aromatic rings. The Hall–Kier alpha value is -0.820. The highest BCUT2D eigenvalue weighted by atomic mass is 14.6. The highest BCUT2D eigenvalue weighted by molar-refractivity contribution is 5.39. The first kappa shape index (κ1) is 10.7. The number of aryl methyl sites for hydroxylation is 1. The highest BCUT2D eigenvalue weighted by Gasteiger charge is 2.41. The lowest BCUT2D eigenvalue weighted by atomic mass is 9.90. The molecular weight excluding hydrogens is 182 g/mol. The molecule has 0 spiro atoms. The fourth-order valence-corrected chi connectivity index (χ4v) is 2.24. The van der Waals surface area contributed by atoms with Gasteiger partial charge < -0.3 is 5.73 Å². The van der Waals surface area contributed by atoms with E-state index in [1.165, 1.54) is 41.5 Å². The second-order valence-electron chi connectivity index (χ2n) is 5.17. The van der Waals surface area contributed by atoms with Gasteiger partial charge in [0.15, 0.2) is 0 Å². The highest BCUT2D eigenvalue weighted by Crippen LogP contribution is 2.47. The van der Waals surface area contributed by atoms with Crippen LogP contribution < -0.4 is 5.73 Å². The number of rotatable bonds is 3. The number of hydrogen-bond donors (Lipinski definition) is 1. The van der Waals surface area contributed by atoms with Crippen LogP contribution in [0.25, 0.3) is 0 Å². The van der Waals surface area contributed by atoms with E-state index in [0.29, 0.717) is 5.41 Å². The summed E-state index contributed by atoms with van der Waals surface area (Å²) in [5.41, 5.74) is 12.1. The Morgan fingerprint density at radius 3 is 2.33 bits per heavy atom. The summed E-state index contributed by atoms with van der Waals surface area (Å²) in [6.07, 6.45) is 3.81. The lowest BCUT2D eigenvalue weighted by molar-refractivity contribution is 0.519. The van der Waals surface area contributed by atoms with Gasteiger partial charge in [-0.05, 0) is 74.2 Å². The number of hydrogen-bond acceptors (Lipinski definition) is 1. The Morgan fingerprint density at radius 2 is 1.80 bits per heavy atom. The predicted octanol–water partition coefficient (Wildman–Crippen LogP) is 2.89. The third-order valence-corrected chi connectivity index (χ3v) is 4.13. The van der Waals surface area contributed by atoms with Crippen molar-refractivity contribution < 1.29 is 0 Å². The molecule has 2 N–H and O–H groups in total. The lowest BCUT2D eigenvalue weighted by Crippen LogP contribution is -2.18. The van der Waals surface area contributed by atoms with Crippen molar-refractivity contribution in [3.8, 4) is 0 Å². The van der Waals surface area contributed by atoms with E-state index in [1.807, 2.05) is 0 Å². The van der Waals surface area contributed by atoms with Gasteiger partial charge in [-0.2, -0.15) is 0 Å². The van der Waals surface area contributed by atoms with E-state index in [2.05, 4.69) is 32.9 Å². The largest absolute Gasteiger partial charge is 0.330 e. The smallest absolute Gasteiger partial charge is 0.00173 e. The van der Waals surface area contributed by atoms with Crippen molar-refractivity contribution in [2.75, 3.05) is 6.54 Å². The van der Waals surface area contributed by atoms with E-state index in [4.69, 9.17) is 5.73 Å². The third-order valence-electron chi connectivity index (χ3n) is 4.13. The summed E-state index contributed by atoms with van der Waals surface area (Å²) in [6, 6.07) is 4.53. The molecule has 0 bridgehead atoms. The molecule has 0 unspecified atom stereocenters. The van der Waals surface area contributed by atoms with E-state index >= 15 is 0 Å². The van der Waals surface area contributed by atoms with Crippen LogP contribution >= 0.6 is 0 Å². The molecule has 1 aliphatic rings. The molecule has 1 heteroatoms. The zero-order chi connectivity index (χ0) is 11.1. The SMILES string of the molecule is Cc1ccc(CC2(CN)CC2)c(C)c1C. The Balaban J connectivity index is 2.26. The van der Waals surface area contributed by atoms with Gasteiger partial charge in [0.05, 0.1) is 0 Å². The van der Waals surface area contributed by atoms with Crippen LogP contribution in [-0.4, -0.2) is 6.54 Å². The number of benzene rings is 1. The van der Waals surface area contributed by atoms with Crippen LogP contribution in [0.1, 0.15) is 35.1 Å². The van der Waals surface area contributed by atoms with Gasteiger partial charge in [-0.15, -0.1) is 0 Å². The molecule has 1 aliphatic carbocycles. The molecule has 1 nitrogen and oxygen atoms in total. The summed E-state index contributed by atoms with van der Waals surface area (Å²) >= 11 is 0. The zero-order valence-corrected chi connectivity index (χ0v) is 10.1. The van der Waals surface area contributed by atoms with Crippen LogP contribution in [0.15, 0.2) is 12.1 Å². The molecule has 2 rings (SSSR count). The Bertz CT molecular complexity index is 375. The van der Waals surface area contributed by atoms with Crippen LogP contribution in [0.4, 0.5) is 0 Å². The number of nitrogens with two attached hydrogens (primary N) is 1. The minimum atomic E-state index is 0.451. The van der Waals surface area contributed by atoms with Gasteiger partial charge in [0.1, 0.15) is 0 Å². The summed E-state index contributed by atoms with van der Waals surface area (Å²) in [4.78, 5) is 0. The fourth-order valence-electron chi connectivity index (χ4n) is 2.24. The predicted molar refractivity (Wildman–Crippen MR) is 65.1 cm³/mol.